The van der Waals surface area contributed by atoms with Crippen LogP contribution in [-0.2, 0) is 0 Å². The molecule has 0 radical (unpaired) electrons. The topological polar surface area (TPSA) is 98.3 Å². The van der Waals surface area contributed by atoms with Crippen molar-refractivity contribution >= 4 is 23.0 Å². The lowest BCUT2D eigenvalue weighted by Gasteiger charge is -2.10. The summed E-state index contributed by atoms with van der Waals surface area (Å²) >= 11 is 0. The molecule has 0 bridgehead atoms. The molecule has 108 valence electrons. The number of amides is 1. The fourth-order valence-corrected chi connectivity index (χ4v) is 1.97. The van der Waals surface area contributed by atoms with Crippen molar-refractivity contribution in [3.05, 3.63) is 63.2 Å². The predicted octanol–water partition coefficient (Wildman–Crippen LogP) is 3.05. The molecule has 0 heterocycles. The summed E-state index contributed by atoms with van der Waals surface area (Å²) < 4.78 is 0. The molecule has 0 fully saturated rings. The van der Waals surface area contributed by atoms with Gasteiger partial charge in [-0.05, 0) is 37.1 Å². The summed E-state index contributed by atoms with van der Waals surface area (Å²) in [6.07, 6.45) is 0. The Kier molecular flexibility index (Phi) is 3.89. The molecule has 0 aliphatic carbocycles. The maximum atomic E-state index is 12.3. The van der Waals surface area contributed by atoms with E-state index in [9.17, 15) is 14.9 Å². The van der Waals surface area contributed by atoms with E-state index in [1.165, 1.54) is 18.2 Å². The lowest BCUT2D eigenvalue weighted by Crippen LogP contribution is -2.15. The first kappa shape index (κ1) is 14.5. The molecule has 1 amide bonds. The van der Waals surface area contributed by atoms with Crippen molar-refractivity contribution in [2.75, 3.05) is 11.1 Å². The predicted molar refractivity (Wildman–Crippen MR) is 81.4 cm³/mol. The summed E-state index contributed by atoms with van der Waals surface area (Å²) in [5.74, 6) is -0.468. The van der Waals surface area contributed by atoms with Crippen LogP contribution in [0.3, 0.4) is 0 Å². The number of carbonyl (C=O) groups is 1. The van der Waals surface area contributed by atoms with E-state index >= 15 is 0 Å². The SMILES string of the molecule is Cc1ccc(C)c(NC(=O)c2cccc([N+](=O)[O-])c2N)c1. The molecule has 2 aromatic rings. The average Bonchev–Trinajstić information content (AvgIpc) is 2.42. The van der Waals surface area contributed by atoms with Crippen molar-refractivity contribution in [2.24, 2.45) is 0 Å². The van der Waals surface area contributed by atoms with E-state index in [0.717, 1.165) is 11.1 Å². The van der Waals surface area contributed by atoms with E-state index in [1.54, 1.807) is 0 Å². The standard InChI is InChI=1S/C15H15N3O3/c1-9-6-7-10(2)12(8-9)17-15(19)11-4-3-5-13(14(11)16)18(20)21/h3-8H,16H2,1-2H3,(H,17,19). The number of para-hydroxylation sites is 1. The van der Waals surface area contributed by atoms with Gasteiger partial charge < -0.3 is 11.1 Å². The minimum atomic E-state index is -0.607. The molecule has 0 aliphatic heterocycles. The van der Waals surface area contributed by atoms with Crippen molar-refractivity contribution < 1.29 is 9.72 Å². The van der Waals surface area contributed by atoms with Crippen LogP contribution in [-0.4, -0.2) is 10.8 Å². The maximum absolute atomic E-state index is 12.3. The highest BCUT2D eigenvalue weighted by Crippen LogP contribution is 2.26. The van der Waals surface area contributed by atoms with Crippen molar-refractivity contribution in [1.82, 2.24) is 0 Å². The van der Waals surface area contributed by atoms with Crippen LogP contribution in [0.25, 0.3) is 0 Å². The van der Waals surface area contributed by atoms with Crippen molar-refractivity contribution in [3.63, 3.8) is 0 Å². The molecule has 6 nitrogen and oxygen atoms in total. The molecule has 0 unspecified atom stereocenters. The number of nitro groups is 1. The van der Waals surface area contributed by atoms with Gasteiger partial charge in [-0.15, -0.1) is 0 Å². The zero-order chi connectivity index (χ0) is 15.6. The molecule has 0 aliphatic rings. The number of nitrogens with two attached hydrogens (primary N) is 1. The summed E-state index contributed by atoms with van der Waals surface area (Å²) in [4.78, 5) is 22.5. The van der Waals surface area contributed by atoms with Crippen LogP contribution >= 0.6 is 0 Å². The molecule has 2 rings (SSSR count). The van der Waals surface area contributed by atoms with Crippen LogP contribution in [0.4, 0.5) is 17.1 Å². The van der Waals surface area contributed by atoms with Crippen LogP contribution in [0.15, 0.2) is 36.4 Å². The number of benzene rings is 2. The average molecular weight is 285 g/mol. The van der Waals surface area contributed by atoms with Gasteiger partial charge in [0.15, 0.2) is 0 Å². The number of carbonyl (C=O) groups excluding carboxylic acids is 1. The van der Waals surface area contributed by atoms with E-state index in [4.69, 9.17) is 5.73 Å². The van der Waals surface area contributed by atoms with Gasteiger partial charge in [-0.3, -0.25) is 14.9 Å². The zero-order valence-electron chi connectivity index (χ0n) is 11.7. The second-order valence-electron chi connectivity index (χ2n) is 4.77. The molecule has 6 heteroatoms. The summed E-state index contributed by atoms with van der Waals surface area (Å²) in [6.45, 7) is 3.78. The van der Waals surface area contributed by atoms with E-state index in [1.807, 2.05) is 32.0 Å². The minimum absolute atomic E-state index is 0.0881. The number of nitrogens with one attached hydrogen (secondary N) is 1. The largest absolute Gasteiger partial charge is 0.393 e. The Morgan fingerprint density at radius 3 is 2.62 bits per heavy atom. The second-order valence-corrected chi connectivity index (χ2v) is 4.77. The van der Waals surface area contributed by atoms with E-state index in [2.05, 4.69) is 5.32 Å². The van der Waals surface area contributed by atoms with Crippen molar-refractivity contribution in [1.29, 1.82) is 0 Å². The molecular formula is C15H15N3O3. The zero-order valence-corrected chi connectivity index (χ0v) is 11.7. The van der Waals surface area contributed by atoms with Crippen LogP contribution in [0.1, 0.15) is 21.5 Å². The first-order chi connectivity index (χ1) is 9.90. The molecule has 0 saturated carbocycles. The van der Waals surface area contributed by atoms with Crippen LogP contribution in [0, 0.1) is 24.0 Å². The first-order valence-corrected chi connectivity index (χ1v) is 6.31. The highest BCUT2D eigenvalue weighted by molar-refractivity contribution is 6.09. The van der Waals surface area contributed by atoms with Crippen molar-refractivity contribution in [2.45, 2.75) is 13.8 Å². The second kappa shape index (κ2) is 5.62. The number of hydrogen-bond donors (Lipinski definition) is 2. The lowest BCUT2D eigenvalue weighted by atomic mass is 10.1. The smallest absolute Gasteiger partial charge is 0.292 e. The van der Waals surface area contributed by atoms with Gasteiger partial charge in [0.1, 0.15) is 5.69 Å². The molecule has 3 N–H and O–H groups in total. The van der Waals surface area contributed by atoms with E-state index < -0.39 is 10.8 Å². The number of nitrogens with zero attached hydrogens (tertiary/aromatic N) is 1. The van der Waals surface area contributed by atoms with E-state index in [-0.39, 0.29) is 16.9 Å². The number of hydrogen-bond acceptors (Lipinski definition) is 4. The fraction of sp³-hybridized carbons (Fsp3) is 0.133. The Labute approximate surface area is 121 Å². The Balaban J connectivity index is 2.35. The van der Waals surface area contributed by atoms with Crippen LogP contribution in [0.5, 0.6) is 0 Å². The number of aryl methyl sites for hydroxylation is 2. The molecule has 0 saturated heterocycles. The summed E-state index contributed by atoms with van der Waals surface area (Å²) in [6, 6.07) is 9.83. The third-order valence-electron chi connectivity index (χ3n) is 3.17. The summed E-state index contributed by atoms with van der Waals surface area (Å²) in [5, 5.41) is 13.6. The first-order valence-electron chi connectivity index (χ1n) is 6.31. The number of rotatable bonds is 3. The number of nitro benzene ring substituents is 1. The van der Waals surface area contributed by atoms with Crippen molar-refractivity contribution in [3.8, 4) is 0 Å². The van der Waals surface area contributed by atoms with Gasteiger partial charge in [0.2, 0.25) is 0 Å². The van der Waals surface area contributed by atoms with Gasteiger partial charge in [-0.2, -0.15) is 0 Å². The highest BCUT2D eigenvalue weighted by Gasteiger charge is 2.19. The highest BCUT2D eigenvalue weighted by atomic mass is 16.6. The minimum Gasteiger partial charge on any atom is -0.393 e. The molecule has 0 aromatic heterocycles. The Morgan fingerprint density at radius 2 is 1.95 bits per heavy atom. The van der Waals surface area contributed by atoms with Crippen LogP contribution < -0.4 is 11.1 Å². The van der Waals surface area contributed by atoms with Gasteiger partial charge in [0, 0.05) is 11.8 Å². The molecule has 0 spiro atoms. The summed E-state index contributed by atoms with van der Waals surface area (Å²) in [5.41, 5.74) is 7.95. The third-order valence-corrected chi connectivity index (χ3v) is 3.17. The van der Waals surface area contributed by atoms with Gasteiger partial charge in [-0.25, -0.2) is 0 Å². The van der Waals surface area contributed by atoms with E-state index in [0.29, 0.717) is 5.69 Å². The van der Waals surface area contributed by atoms with Gasteiger partial charge in [0.05, 0.1) is 10.5 Å². The number of anilines is 2. The normalized spacial score (nSPS) is 10.2. The van der Waals surface area contributed by atoms with Gasteiger partial charge in [-0.1, -0.05) is 18.2 Å². The Hall–Kier alpha value is -2.89. The Morgan fingerprint density at radius 1 is 1.24 bits per heavy atom. The lowest BCUT2D eigenvalue weighted by molar-refractivity contribution is -0.383. The number of nitrogen functional groups attached to an aromatic ring is 1. The maximum Gasteiger partial charge on any atom is 0.292 e. The molecular weight excluding hydrogens is 270 g/mol. The summed E-state index contributed by atoms with van der Waals surface area (Å²) in [7, 11) is 0. The van der Waals surface area contributed by atoms with Gasteiger partial charge in [0.25, 0.3) is 11.6 Å². The Bertz CT molecular complexity index is 726. The third kappa shape index (κ3) is 3.00. The molecule has 2 aromatic carbocycles. The molecule has 21 heavy (non-hydrogen) atoms. The molecule has 0 atom stereocenters. The van der Waals surface area contributed by atoms with Crippen LogP contribution in [0.2, 0.25) is 0 Å². The fourth-order valence-electron chi connectivity index (χ4n) is 1.97. The quantitative estimate of drug-likeness (QED) is 0.514. The van der Waals surface area contributed by atoms with Gasteiger partial charge >= 0.3 is 0 Å². The monoisotopic (exact) mass is 285 g/mol.